The zero-order valence-corrected chi connectivity index (χ0v) is 10.2. The van der Waals surface area contributed by atoms with Gasteiger partial charge in [0.25, 0.3) is 0 Å². The van der Waals surface area contributed by atoms with Crippen molar-refractivity contribution in [3.05, 3.63) is 50.4 Å². The van der Waals surface area contributed by atoms with Gasteiger partial charge in [0.05, 0.1) is 4.88 Å². The summed E-state index contributed by atoms with van der Waals surface area (Å²) in [5, 5.41) is 1.99. The van der Waals surface area contributed by atoms with Gasteiger partial charge in [-0.25, -0.2) is 4.98 Å². The van der Waals surface area contributed by atoms with E-state index in [9.17, 15) is 4.79 Å². The molecule has 0 amide bonds. The first kappa shape index (κ1) is 10.5. The molecule has 0 aliphatic carbocycles. The van der Waals surface area contributed by atoms with Crippen molar-refractivity contribution in [1.82, 2.24) is 4.98 Å². The molecule has 15 heavy (non-hydrogen) atoms. The second-order valence-corrected chi connectivity index (χ2v) is 4.86. The molecule has 0 N–H and O–H groups in total. The molecule has 2 aromatic heterocycles. The Morgan fingerprint density at radius 2 is 2.33 bits per heavy atom. The third-order valence-electron chi connectivity index (χ3n) is 1.95. The number of hydrogen-bond acceptors (Lipinski definition) is 3. The predicted octanol–water partition coefficient (Wildman–Crippen LogP) is 3.31. The Bertz CT molecular complexity index is 481. The maximum absolute atomic E-state index is 10.5. The SMILES string of the molecule is O=Cc1cc(Cc2cccc(Br)n2)cs1. The van der Waals surface area contributed by atoms with Crippen molar-refractivity contribution in [2.45, 2.75) is 6.42 Å². The molecular weight excluding hydrogens is 274 g/mol. The zero-order chi connectivity index (χ0) is 10.7. The summed E-state index contributed by atoms with van der Waals surface area (Å²) < 4.78 is 0.839. The third-order valence-corrected chi connectivity index (χ3v) is 3.30. The van der Waals surface area contributed by atoms with E-state index in [4.69, 9.17) is 0 Å². The molecule has 0 spiro atoms. The smallest absolute Gasteiger partial charge is 0.160 e. The molecule has 76 valence electrons. The van der Waals surface area contributed by atoms with E-state index < -0.39 is 0 Å². The van der Waals surface area contributed by atoms with Crippen LogP contribution in [-0.2, 0) is 6.42 Å². The first-order valence-corrected chi connectivity index (χ1v) is 6.09. The number of hydrogen-bond donors (Lipinski definition) is 0. The quantitative estimate of drug-likeness (QED) is 0.638. The van der Waals surface area contributed by atoms with E-state index >= 15 is 0 Å². The Morgan fingerprint density at radius 3 is 3.00 bits per heavy atom. The van der Waals surface area contributed by atoms with Crippen molar-refractivity contribution in [1.29, 1.82) is 0 Å². The van der Waals surface area contributed by atoms with Gasteiger partial charge in [0, 0.05) is 12.1 Å². The van der Waals surface area contributed by atoms with Crippen molar-refractivity contribution < 1.29 is 4.79 Å². The van der Waals surface area contributed by atoms with Gasteiger partial charge in [0.15, 0.2) is 6.29 Å². The molecule has 0 aromatic carbocycles. The van der Waals surface area contributed by atoms with Crippen LogP contribution in [0.3, 0.4) is 0 Å². The Morgan fingerprint density at radius 1 is 1.47 bits per heavy atom. The summed E-state index contributed by atoms with van der Waals surface area (Å²) >= 11 is 4.80. The average Bonchev–Trinajstić information content (AvgIpc) is 2.65. The molecule has 0 aliphatic heterocycles. The Balaban J connectivity index is 2.18. The second kappa shape index (κ2) is 4.68. The van der Waals surface area contributed by atoms with Crippen LogP contribution in [0.25, 0.3) is 0 Å². The number of carbonyl (C=O) groups excluding carboxylic acids is 1. The van der Waals surface area contributed by atoms with Crippen molar-refractivity contribution >= 4 is 33.6 Å². The second-order valence-electron chi connectivity index (χ2n) is 3.10. The maximum atomic E-state index is 10.5. The number of rotatable bonds is 3. The van der Waals surface area contributed by atoms with E-state index in [1.54, 1.807) is 0 Å². The molecule has 2 rings (SSSR count). The van der Waals surface area contributed by atoms with Crippen LogP contribution in [-0.4, -0.2) is 11.3 Å². The number of carbonyl (C=O) groups is 1. The zero-order valence-electron chi connectivity index (χ0n) is 7.81. The molecule has 0 atom stereocenters. The van der Waals surface area contributed by atoms with Crippen LogP contribution in [0.5, 0.6) is 0 Å². The summed E-state index contributed by atoms with van der Waals surface area (Å²) in [6.45, 7) is 0. The number of aldehydes is 1. The van der Waals surface area contributed by atoms with Crippen LogP contribution in [0.2, 0.25) is 0 Å². The first-order valence-electron chi connectivity index (χ1n) is 4.42. The molecular formula is C11H8BrNOS. The maximum Gasteiger partial charge on any atom is 0.160 e. The highest BCUT2D eigenvalue weighted by atomic mass is 79.9. The lowest BCUT2D eigenvalue weighted by Crippen LogP contribution is -1.90. The van der Waals surface area contributed by atoms with E-state index in [-0.39, 0.29) is 0 Å². The monoisotopic (exact) mass is 281 g/mol. The highest BCUT2D eigenvalue weighted by Gasteiger charge is 2.01. The molecule has 2 heterocycles. The fraction of sp³-hybridized carbons (Fsp3) is 0.0909. The normalized spacial score (nSPS) is 10.2. The minimum Gasteiger partial charge on any atom is -0.297 e. The van der Waals surface area contributed by atoms with Crippen LogP contribution in [0.1, 0.15) is 20.9 Å². The standard InChI is InChI=1S/C11H8BrNOS/c12-11-3-1-2-9(13-11)4-8-5-10(6-14)15-7-8/h1-3,5-7H,4H2. The average molecular weight is 282 g/mol. The van der Waals surface area contributed by atoms with Crippen molar-refractivity contribution in [2.24, 2.45) is 0 Å². The van der Waals surface area contributed by atoms with Gasteiger partial charge in [-0.15, -0.1) is 11.3 Å². The van der Waals surface area contributed by atoms with Gasteiger partial charge in [-0.1, -0.05) is 6.07 Å². The van der Waals surface area contributed by atoms with Gasteiger partial charge >= 0.3 is 0 Å². The van der Waals surface area contributed by atoms with Crippen molar-refractivity contribution in [3.63, 3.8) is 0 Å². The number of pyridine rings is 1. The summed E-state index contributed by atoms with van der Waals surface area (Å²) in [5.74, 6) is 0. The van der Waals surface area contributed by atoms with Crippen LogP contribution < -0.4 is 0 Å². The molecule has 0 saturated carbocycles. The third kappa shape index (κ3) is 2.73. The molecule has 0 saturated heterocycles. The summed E-state index contributed by atoms with van der Waals surface area (Å²) in [7, 11) is 0. The van der Waals surface area contributed by atoms with Gasteiger partial charge in [0.1, 0.15) is 4.60 Å². The molecule has 0 fully saturated rings. The molecule has 2 nitrogen and oxygen atoms in total. The summed E-state index contributed by atoms with van der Waals surface area (Å²) in [4.78, 5) is 15.6. The van der Waals surface area contributed by atoms with Crippen LogP contribution in [0.15, 0.2) is 34.2 Å². The fourth-order valence-corrected chi connectivity index (χ4v) is 2.40. The van der Waals surface area contributed by atoms with Gasteiger partial charge in [-0.05, 0) is 45.1 Å². The van der Waals surface area contributed by atoms with Crippen LogP contribution in [0, 0.1) is 0 Å². The van der Waals surface area contributed by atoms with E-state index in [0.29, 0.717) is 0 Å². The summed E-state index contributed by atoms with van der Waals surface area (Å²) in [5.41, 5.74) is 2.13. The van der Waals surface area contributed by atoms with E-state index in [1.165, 1.54) is 11.3 Å². The fourth-order valence-electron chi connectivity index (χ4n) is 1.31. The largest absolute Gasteiger partial charge is 0.297 e. The van der Waals surface area contributed by atoms with Crippen molar-refractivity contribution in [2.75, 3.05) is 0 Å². The van der Waals surface area contributed by atoms with E-state index in [1.807, 2.05) is 29.6 Å². The molecule has 2 aromatic rings. The molecule has 4 heteroatoms. The topological polar surface area (TPSA) is 30.0 Å². The Kier molecular flexibility index (Phi) is 3.28. The number of halogens is 1. The number of thiophene rings is 1. The van der Waals surface area contributed by atoms with Gasteiger partial charge in [-0.3, -0.25) is 4.79 Å². The highest BCUT2D eigenvalue weighted by molar-refractivity contribution is 9.10. The molecule has 0 radical (unpaired) electrons. The summed E-state index contributed by atoms with van der Waals surface area (Å²) in [6, 6.07) is 7.73. The van der Waals surface area contributed by atoms with E-state index in [2.05, 4.69) is 20.9 Å². The Labute approximate surface area is 100 Å². The minimum absolute atomic E-state index is 0.764. The lowest BCUT2D eigenvalue weighted by Gasteiger charge is -1.98. The number of nitrogens with zero attached hydrogens (tertiary/aromatic N) is 1. The minimum atomic E-state index is 0.764. The van der Waals surface area contributed by atoms with E-state index in [0.717, 1.165) is 33.4 Å². The van der Waals surface area contributed by atoms with Gasteiger partial charge < -0.3 is 0 Å². The molecule has 0 unspecified atom stereocenters. The van der Waals surface area contributed by atoms with Crippen molar-refractivity contribution in [3.8, 4) is 0 Å². The highest BCUT2D eigenvalue weighted by Crippen LogP contribution is 2.16. The Hall–Kier alpha value is -1.00. The van der Waals surface area contributed by atoms with Crippen LogP contribution in [0.4, 0.5) is 0 Å². The predicted molar refractivity (Wildman–Crippen MR) is 64.4 cm³/mol. The first-order chi connectivity index (χ1) is 7.28. The molecule has 0 aliphatic rings. The summed E-state index contributed by atoms with van der Waals surface area (Å²) in [6.07, 6.45) is 1.65. The lowest BCUT2D eigenvalue weighted by atomic mass is 10.2. The van der Waals surface area contributed by atoms with Gasteiger partial charge in [-0.2, -0.15) is 0 Å². The van der Waals surface area contributed by atoms with Gasteiger partial charge in [0.2, 0.25) is 0 Å². The lowest BCUT2D eigenvalue weighted by molar-refractivity contribution is 0.112. The molecule has 0 bridgehead atoms. The number of aromatic nitrogens is 1. The van der Waals surface area contributed by atoms with Crippen LogP contribution >= 0.6 is 27.3 Å².